The Morgan fingerprint density at radius 1 is 1.26 bits per heavy atom. The first kappa shape index (κ1) is 15.2. The molecular formula is C15H14ClN5O2. The zero-order valence-electron chi connectivity index (χ0n) is 12.1. The van der Waals surface area contributed by atoms with E-state index in [1.54, 1.807) is 30.5 Å². The van der Waals surface area contributed by atoms with Gasteiger partial charge in [-0.05, 0) is 41.6 Å². The number of aryl methyl sites for hydroxylation is 1. The maximum Gasteiger partial charge on any atom is 0.222 e. The third-order valence-electron chi connectivity index (χ3n) is 3.13. The van der Waals surface area contributed by atoms with Crippen molar-refractivity contribution >= 4 is 17.5 Å². The van der Waals surface area contributed by atoms with Gasteiger partial charge in [0.25, 0.3) is 0 Å². The summed E-state index contributed by atoms with van der Waals surface area (Å²) in [7, 11) is 0. The average molecular weight is 332 g/mol. The van der Waals surface area contributed by atoms with E-state index in [-0.39, 0.29) is 12.3 Å². The summed E-state index contributed by atoms with van der Waals surface area (Å²) < 4.78 is 5.14. The van der Waals surface area contributed by atoms with Crippen LogP contribution >= 0.6 is 11.6 Å². The molecule has 7 nitrogen and oxygen atoms in total. The highest BCUT2D eigenvalue weighted by molar-refractivity contribution is 6.30. The number of hydrogen-bond donors (Lipinski definition) is 1. The largest absolute Gasteiger partial charge is 0.467 e. The van der Waals surface area contributed by atoms with Gasteiger partial charge in [-0.15, -0.1) is 10.2 Å². The quantitative estimate of drug-likeness (QED) is 0.749. The average Bonchev–Trinajstić information content (AvgIpc) is 3.23. The van der Waals surface area contributed by atoms with Crippen molar-refractivity contribution in [1.82, 2.24) is 25.5 Å². The molecule has 0 unspecified atom stereocenters. The number of furan rings is 1. The van der Waals surface area contributed by atoms with E-state index in [2.05, 4.69) is 20.7 Å². The summed E-state index contributed by atoms with van der Waals surface area (Å²) >= 11 is 5.84. The van der Waals surface area contributed by atoms with E-state index in [1.807, 2.05) is 12.1 Å². The highest BCUT2D eigenvalue weighted by Gasteiger charge is 2.08. The molecule has 2 heterocycles. The monoisotopic (exact) mass is 331 g/mol. The fourth-order valence-corrected chi connectivity index (χ4v) is 2.07. The normalized spacial score (nSPS) is 10.7. The Morgan fingerprint density at radius 2 is 2.09 bits per heavy atom. The van der Waals surface area contributed by atoms with Crippen molar-refractivity contribution in [3.05, 3.63) is 53.4 Å². The highest BCUT2D eigenvalue weighted by Crippen LogP contribution is 2.16. The second-order valence-electron chi connectivity index (χ2n) is 4.82. The zero-order chi connectivity index (χ0) is 16.1. The summed E-state index contributed by atoms with van der Waals surface area (Å²) in [5.41, 5.74) is 0.822. The molecule has 23 heavy (non-hydrogen) atoms. The summed E-state index contributed by atoms with van der Waals surface area (Å²) in [6, 6.07) is 10.7. The van der Waals surface area contributed by atoms with Gasteiger partial charge < -0.3 is 9.73 Å². The van der Waals surface area contributed by atoms with Gasteiger partial charge in [0.15, 0.2) is 0 Å². The molecule has 0 saturated carbocycles. The van der Waals surface area contributed by atoms with E-state index < -0.39 is 0 Å². The first-order valence-electron chi connectivity index (χ1n) is 7.03. The van der Waals surface area contributed by atoms with Crippen molar-refractivity contribution < 1.29 is 9.21 Å². The number of tetrazole rings is 1. The van der Waals surface area contributed by atoms with Crippen LogP contribution in [0, 0.1) is 0 Å². The van der Waals surface area contributed by atoms with Crippen LogP contribution in [-0.2, 0) is 17.9 Å². The van der Waals surface area contributed by atoms with E-state index in [0.717, 1.165) is 5.56 Å². The fraction of sp³-hybridized carbons (Fsp3) is 0.200. The summed E-state index contributed by atoms with van der Waals surface area (Å²) in [6.07, 6.45) is 1.83. The number of carbonyl (C=O) groups excluding carboxylic acids is 1. The van der Waals surface area contributed by atoms with Crippen molar-refractivity contribution in [3.63, 3.8) is 0 Å². The first-order valence-corrected chi connectivity index (χ1v) is 7.41. The summed E-state index contributed by atoms with van der Waals surface area (Å²) in [6.45, 7) is 0.719. The molecule has 3 rings (SSSR count). The second-order valence-corrected chi connectivity index (χ2v) is 5.26. The van der Waals surface area contributed by atoms with Crippen LogP contribution in [0.15, 0.2) is 47.1 Å². The Hall–Kier alpha value is -2.67. The third-order valence-corrected chi connectivity index (χ3v) is 3.39. The molecule has 0 aliphatic heterocycles. The Bertz CT molecular complexity index is 768. The van der Waals surface area contributed by atoms with E-state index >= 15 is 0 Å². The van der Waals surface area contributed by atoms with Crippen LogP contribution in [-0.4, -0.2) is 26.1 Å². The van der Waals surface area contributed by atoms with Crippen LogP contribution < -0.4 is 5.32 Å². The fourth-order valence-electron chi connectivity index (χ4n) is 1.94. The summed E-state index contributed by atoms with van der Waals surface area (Å²) in [5.74, 6) is 1.10. The topological polar surface area (TPSA) is 85.8 Å². The Balaban J connectivity index is 1.50. The molecule has 8 heteroatoms. The van der Waals surface area contributed by atoms with E-state index in [4.69, 9.17) is 16.0 Å². The van der Waals surface area contributed by atoms with Crippen molar-refractivity contribution in [3.8, 4) is 11.4 Å². The minimum Gasteiger partial charge on any atom is -0.467 e. The van der Waals surface area contributed by atoms with Gasteiger partial charge in [0, 0.05) is 17.0 Å². The standard InChI is InChI=1S/C15H14ClN5O2/c16-12-5-3-11(4-6-12)15-18-20-21(19-15)8-7-14(22)17-10-13-2-1-9-23-13/h1-6,9H,7-8,10H2,(H,17,22). The number of hydrogen-bond acceptors (Lipinski definition) is 5. The zero-order valence-corrected chi connectivity index (χ0v) is 12.9. The molecule has 0 aliphatic rings. The number of aromatic nitrogens is 4. The van der Waals surface area contributed by atoms with Gasteiger partial charge in [-0.3, -0.25) is 4.79 Å². The van der Waals surface area contributed by atoms with Crippen LogP contribution in [0.3, 0.4) is 0 Å². The number of benzene rings is 1. The molecule has 2 aromatic heterocycles. The lowest BCUT2D eigenvalue weighted by molar-refractivity contribution is -0.121. The van der Waals surface area contributed by atoms with Crippen LogP contribution in [0.1, 0.15) is 12.2 Å². The van der Waals surface area contributed by atoms with Crippen LogP contribution in [0.25, 0.3) is 11.4 Å². The van der Waals surface area contributed by atoms with Crippen LogP contribution in [0.4, 0.5) is 0 Å². The van der Waals surface area contributed by atoms with Crippen molar-refractivity contribution in [2.45, 2.75) is 19.5 Å². The number of rotatable bonds is 6. The minimum atomic E-state index is -0.105. The molecule has 0 aliphatic carbocycles. The van der Waals surface area contributed by atoms with Gasteiger partial charge >= 0.3 is 0 Å². The highest BCUT2D eigenvalue weighted by atomic mass is 35.5. The SMILES string of the molecule is O=C(CCn1nnc(-c2ccc(Cl)cc2)n1)NCc1ccco1. The lowest BCUT2D eigenvalue weighted by atomic mass is 10.2. The number of amides is 1. The lowest BCUT2D eigenvalue weighted by Crippen LogP contribution is -2.24. The number of nitrogens with one attached hydrogen (secondary N) is 1. The summed E-state index contributed by atoms with van der Waals surface area (Å²) in [5, 5.41) is 15.6. The maximum absolute atomic E-state index is 11.8. The van der Waals surface area contributed by atoms with Gasteiger partial charge in [-0.1, -0.05) is 11.6 Å². The van der Waals surface area contributed by atoms with Crippen LogP contribution in [0.2, 0.25) is 5.02 Å². The molecule has 0 spiro atoms. The molecule has 0 atom stereocenters. The molecule has 0 bridgehead atoms. The molecule has 1 amide bonds. The molecular weight excluding hydrogens is 318 g/mol. The molecule has 1 aromatic carbocycles. The number of carbonyl (C=O) groups is 1. The Labute approximate surface area is 137 Å². The summed E-state index contributed by atoms with van der Waals surface area (Å²) in [4.78, 5) is 13.2. The Morgan fingerprint density at radius 3 is 2.83 bits per heavy atom. The van der Waals surface area contributed by atoms with Crippen LogP contribution in [0.5, 0.6) is 0 Å². The minimum absolute atomic E-state index is 0.105. The van der Waals surface area contributed by atoms with E-state index in [9.17, 15) is 4.79 Å². The molecule has 3 aromatic rings. The first-order chi connectivity index (χ1) is 11.2. The van der Waals surface area contributed by atoms with Gasteiger partial charge in [0.1, 0.15) is 5.76 Å². The van der Waals surface area contributed by atoms with Crippen molar-refractivity contribution in [2.24, 2.45) is 0 Å². The predicted molar refractivity (Wildman–Crippen MR) is 83.4 cm³/mol. The van der Waals surface area contributed by atoms with Crippen molar-refractivity contribution in [2.75, 3.05) is 0 Å². The van der Waals surface area contributed by atoms with Gasteiger partial charge in [0.05, 0.1) is 19.4 Å². The van der Waals surface area contributed by atoms with Gasteiger partial charge in [-0.2, -0.15) is 4.80 Å². The van der Waals surface area contributed by atoms with E-state index in [1.165, 1.54) is 4.80 Å². The predicted octanol–water partition coefficient (Wildman–Crippen LogP) is 2.29. The molecule has 0 saturated heterocycles. The molecule has 0 fully saturated rings. The van der Waals surface area contributed by atoms with Gasteiger partial charge in [0.2, 0.25) is 11.7 Å². The second kappa shape index (κ2) is 7.06. The molecule has 1 N–H and O–H groups in total. The van der Waals surface area contributed by atoms with Gasteiger partial charge in [-0.25, -0.2) is 0 Å². The smallest absolute Gasteiger partial charge is 0.222 e. The Kier molecular flexibility index (Phi) is 4.68. The molecule has 118 valence electrons. The number of halogens is 1. The third kappa shape index (κ3) is 4.17. The van der Waals surface area contributed by atoms with Crippen molar-refractivity contribution in [1.29, 1.82) is 0 Å². The van der Waals surface area contributed by atoms with E-state index in [0.29, 0.717) is 29.7 Å². The number of nitrogens with zero attached hydrogens (tertiary/aromatic N) is 4. The lowest BCUT2D eigenvalue weighted by Gasteiger charge is -2.02. The maximum atomic E-state index is 11.8. The molecule has 0 radical (unpaired) electrons.